The fourth-order valence-electron chi connectivity index (χ4n) is 2.36. The summed E-state index contributed by atoms with van der Waals surface area (Å²) in [6.07, 6.45) is 2.37. The predicted molar refractivity (Wildman–Crippen MR) is 101 cm³/mol. The zero-order valence-corrected chi connectivity index (χ0v) is 16.4. The molecular weight excluding hydrogens is 370 g/mol. The SMILES string of the molecule is CCCNC(Cc1ccc(Br)s1)C1CSC(C)C(C)S1. The first kappa shape index (κ1) is 17.2. The molecule has 0 amide bonds. The number of thiophene rings is 1. The molecule has 4 unspecified atom stereocenters. The van der Waals surface area contributed by atoms with E-state index < -0.39 is 0 Å². The number of hydrogen-bond acceptors (Lipinski definition) is 4. The van der Waals surface area contributed by atoms with Gasteiger partial charge in [0.05, 0.1) is 3.79 Å². The van der Waals surface area contributed by atoms with Crippen LogP contribution in [0, 0.1) is 0 Å². The average molecular weight is 394 g/mol. The Bertz CT molecular complexity index is 410. The lowest BCUT2D eigenvalue weighted by Crippen LogP contribution is -2.44. The minimum Gasteiger partial charge on any atom is -0.312 e. The van der Waals surface area contributed by atoms with Gasteiger partial charge >= 0.3 is 0 Å². The predicted octanol–water partition coefficient (Wildman–Crippen LogP) is 5.05. The van der Waals surface area contributed by atoms with Gasteiger partial charge in [-0.3, -0.25) is 0 Å². The van der Waals surface area contributed by atoms with Gasteiger partial charge in [0.1, 0.15) is 0 Å². The van der Waals surface area contributed by atoms with Crippen LogP contribution in [0.4, 0.5) is 0 Å². The van der Waals surface area contributed by atoms with Crippen LogP contribution in [0.2, 0.25) is 0 Å². The quantitative estimate of drug-likeness (QED) is 0.725. The third-order valence-corrected chi connectivity index (χ3v) is 8.93. The first-order valence-corrected chi connectivity index (χ1v) is 10.9. The molecule has 1 aromatic heterocycles. The molecule has 1 saturated heterocycles. The summed E-state index contributed by atoms with van der Waals surface area (Å²) in [5.74, 6) is 1.28. The summed E-state index contributed by atoms with van der Waals surface area (Å²) >= 11 is 9.79. The van der Waals surface area contributed by atoms with Crippen LogP contribution in [-0.2, 0) is 6.42 Å². The van der Waals surface area contributed by atoms with E-state index in [0.717, 1.165) is 28.7 Å². The third-order valence-electron chi connectivity index (χ3n) is 3.73. The molecule has 1 nitrogen and oxygen atoms in total. The molecule has 0 spiro atoms. The molecule has 1 aliphatic heterocycles. The fraction of sp³-hybridized carbons (Fsp3) is 0.733. The van der Waals surface area contributed by atoms with Gasteiger partial charge in [-0.05, 0) is 47.4 Å². The highest BCUT2D eigenvalue weighted by Gasteiger charge is 2.31. The maximum absolute atomic E-state index is 3.79. The molecule has 0 radical (unpaired) electrons. The van der Waals surface area contributed by atoms with Crippen molar-refractivity contribution in [2.24, 2.45) is 0 Å². The van der Waals surface area contributed by atoms with Gasteiger partial charge in [0.2, 0.25) is 0 Å². The topological polar surface area (TPSA) is 12.0 Å². The third kappa shape index (κ3) is 4.94. The van der Waals surface area contributed by atoms with Gasteiger partial charge in [0.15, 0.2) is 0 Å². The molecule has 1 N–H and O–H groups in total. The Labute approximate surface area is 144 Å². The van der Waals surface area contributed by atoms with Crippen molar-refractivity contribution in [1.82, 2.24) is 5.32 Å². The van der Waals surface area contributed by atoms with Gasteiger partial charge in [0, 0.05) is 32.4 Å². The molecular formula is C15H24BrNS3. The van der Waals surface area contributed by atoms with E-state index in [4.69, 9.17) is 0 Å². The number of thioether (sulfide) groups is 2. The van der Waals surface area contributed by atoms with Crippen molar-refractivity contribution in [3.63, 3.8) is 0 Å². The lowest BCUT2D eigenvalue weighted by atomic mass is 10.1. The van der Waals surface area contributed by atoms with Gasteiger partial charge < -0.3 is 5.32 Å². The van der Waals surface area contributed by atoms with E-state index in [0.29, 0.717) is 6.04 Å². The Balaban J connectivity index is 1.99. The maximum Gasteiger partial charge on any atom is 0.0701 e. The molecule has 114 valence electrons. The van der Waals surface area contributed by atoms with E-state index in [1.807, 2.05) is 11.3 Å². The van der Waals surface area contributed by atoms with E-state index in [-0.39, 0.29) is 0 Å². The van der Waals surface area contributed by atoms with Gasteiger partial charge in [0.25, 0.3) is 0 Å². The summed E-state index contributed by atoms with van der Waals surface area (Å²) in [6.45, 7) is 8.12. The van der Waals surface area contributed by atoms with Crippen LogP contribution >= 0.6 is 50.8 Å². The average Bonchev–Trinajstić information content (AvgIpc) is 2.83. The Hall–Kier alpha value is 0.840. The van der Waals surface area contributed by atoms with Crippen LogP contribution in [0.5, 0.6) is 0 Å². The Morgan fingerprint density at radius 3 is 2.75 bits per heavy atom. The first-order valence-electron chi connectivity index (χ1n) is 7.34. The minimum absolute atomic E-state index is 0.605. The normalized spacial score (nSPS) is 28.5. The summed E-state index contributed by atoms with van der Waals surface area (Å²) < 4.78 is 1.24. The minimum atomic E-state index is 0.605. The Morgan fingerprint density at radius 2 is 2.15 bits per heavy atom. The number of halogens is 1. The highest BCUT2D eigenvalue weighted by molar-refractivity contribution is 9.11. The van der Waals surface area contributed by atoms with Crippen LogP contribution in [0.1, 0.15) is 32.1 Å². The van der Waals surface area contributed by atoms with E-state index in [1.54, 1.807) is 0 Å². The molecule has 2 heterocycles. The van der Waals surface area contributed by atoms with Gasteiger partial charge in [-0.15, -0.1) is 11.3 Å². The summed E-state index contributed by atoms with van der Waals surface area (Å²) in [5, 5.41) is 6.08. The first-order chi connectivity index (χ1) is 9.60. The van der Waals surface area contributed by atoms with Crippen molar-refractivity contribution < 1.29 is 0 Å². The van der Waals surface area contributed by atoms with E-state index in [1.165, 1.54) is 20.8 Å². The summed E-state index contributed by atoms with van der Waals surface area (Å²) in [6, 6.07) is 5.04. The van der Waals surface area contributed by atoms with Crippen LogP contribution < -0.4 is 5.32 Å². The lowest BCUT2D eigenvalue weighted by Gasteiger charge is -2.36. The number of rotatable bonds is 6. The van der Waals surface area contributed by atoms with Crippen molar-refractivity contribution in [3.05, 3.63) is 20.8 Å². The molecule has 0 aliphatic carbocycles. The van der Waals surface area contributed by atoms with Crippen molar-refractivity contribution in [3.8, 4) is 0 Å². The number of hydrogen-bond donors (Lipinski definition) is 1. The van der Waals surface area contributed by atoms with Gasteiger partial charge in [-0.25, -0.2) is 0 Å². The molecule has 1 fully saturated rings. The lowest BCUT2D eigenvalue weighted by molar-refractivity contribution is 0.506. The van der Waals surface area contributed by atoms with Crippen molar-refractivity contribution in [2.45, 2.75) is 55.4 Å². The second kappa shape index (κ2) is 8.47. The summed E-state index contributed by atoms with van der Waals surface area (Å²) in [7, 11) is 0. The monoisotopic (exact) mass is 393 g/mol. The Morgan fingerprint density at radius 1 is 1.35 bits per heavy atom. The van der Waals surface area contributed by atoms with E-state index in [2.05, 4.69) is 77.7 Å². The van der Waals surface area contributed by atoms with Crippen LogP contribution in [0.15, 0.2) is 15.9 Å². The van der Waals surface area contributed by atoms with E-state index >= 15 is 0 Å². The van der Waals surface area contributed by atoms with Crippen molar-refractivity contribution in [1.29, 1.82) is 0 Å². The van der Waals surface area contributed by atoms with E-state index in [9.17, 15) is 0 Å². The molecule has 1 aromatic rings. The molecule has 4 atom stereocenters. The molecule has 20 heavy (non-hydrogen) atoms. The van der Waals surface area contributed by atoms with Gasteiger partial charge in [-0.1, -0.05) is 20.8 Å². The van der Waals surface area contributed by atoms with Crippen LogP contribution in [0.3, 0.4) is 0 Å². The van der Waals surface area contributed by atoms with Crippen LogP contribution in [-0.4, -0.2) is 34.1 Å². The highest BCUT2D eigenvalue weighted by Crippen LogP contribution is 2.38. The van der Waals surface area contributed by atoms with Crippen LogP contribution in [0.25, 0.3) is 0 Å². The summed E-state index contributed by atoms with van der Waals surface area (Å²) in [4.78, 5) is 1.49. The van der Waals surface area contributed by atoms with Crippen molar-refractivity contribution >= 4 is 50.8 Å². The molecule has 5 heteroatoms. The largest absolute Gasteiger partial charge is 0.312 e. The molecule has 2 rings (SSSR count). The zero-order chi connectivity index (χ0) is 14.5. The zero-order valence-electron chi connectivity index (χ0n) is 12.4. The number of nitrogens with one attached hydrogen (secondary N) is 1. The molecule has 0 bridgehead atoms. The molecule has 1 aliphatic rings. The second-order valence-corrected chi connectivity index (χ2v) is 11.0. The molecule has 0 aromatic carbocycles. The highest BCUT2D eigenvalue weighted by atomic mass is 79.9. The second-order valence-electron chi connectivity index (χ2n) is 5.39. The summed E-state index contributed by atoms with van der Waals surface area (Å²) in [5.41, 5.74) is 0. The smallest absolute Gasteiger partial charge is 0.0701 e. The Kier molecular flexibility index (Phi) is 7.28. The van der Waals surface area contributed by atoms with Gasteiger partial charge in [-0.2, -0.15) is 23.5 Å². The standard InChI is InChI=1S/C15H24BrNS3/c1-4-7-17-13(8-12-5-6-15(16)20-12)14-9-18-10(2)11(3)19-14/h5-6,10-11,13-14,17H,4,7-9H2,1-3H3. The fourth-order valence-corrected chi connectivity index (χ4v) is 7.03. The molecule has 0 saturated carbocycles. The van der Waals surface area contributed by atoms with Crippen molar-refractivity contribution in [2.75, 3.05) is 12.3 Å². The maximum atomic E-state index is 3.79.